The third-order valence-corrected chi connectivity index (χ3v) is 5.25. The minimum Gasteiger partial charge on any atom is -0.393 e. The molecule has 1 fully saturated rings. The zero-order valence-electron chi connectivity index (χ0n) is 12.7. The first-order chi connectivity index (χ1) is 9.58. The van der Waals surface area contributed by atoms with Crippen molar-refractivity contribution in [3.63, 3.8) is 0 Å². The quantitative estimate of drug-likeness (QED) is 0.884. The summed E-state index contributed by atoms with van der Waals surface area (Å²) in [7, 11) is 0. The molecule has 0 heterocycles. The van der Waals surface area contributed by atoms with E-state index >= 15 is 0 Å². The van der Waals surface area contributed by atoms with Gasteiger partial charge in [0, 0.05) is 12.6 Å². The van der Waals surface area contributed by atoms with E-state index in [1.54, 1.807) is 0 Å². The van der Waals surface area contributed by atoms with E-state index in [1.165, 1.54) is 30.4 Å². The fraction of sp³-hybridized carbons (Fsp3) is 0.667. The van der Waals surface area contributed by atoms with Gasteiger partial charge in [0.05, 0.1) is 6.10 Å². The van der Waals surface area contributed by atoms with Gasteiger partial charge in [0.15, 0.2) is 0 Å². The summed E-state index contributed by atoms with van der Waals surface area (Å²) in [6, 6.07) is 9.23. The summed E-state index contributed by atoms with van der Waals surface area (Å²) in [4.78, 5) is 0. The van der Waals surface area contributed by atoms with Crippen LogP contribution >= 0.6 is 0 Å². The molecule has 1 aromatic carbocycles. The minimum atomic E-state index is -0.101. The summed E-state index contributed by atoms with van der Waals surface area (Å²) in [5, 5.41) is 13.9. The predicted molar refractivity (Wildman–Crippen MR) is 82.6 cm³/mol. The number of rotatable bonds is 3. The van der Waals surface area contributed by atoms with E-state index in [9.17, 15) is 5.11 Å². The van der Waals surface area contributed by atoms with Crippen LogP contribution in [0.3, 0.4) is 0 Å². The van der Waals surface area contributed by atoms with Crippen molar-refractivity contribution in [1.29, 1.82) is 0 Å². The largest absolute Gasteiger partial charge is 0.393 e. The second-order valence-electron chi connectivity index (χ2n) is 7.32. The molecule has 0 spiro atoms. The molecule has 2 aliphatic carbocycles. The van der Waals surface area contributed by atoms with Crippen molar-refractivity contribution in [1.82, 2.24) is 5.32 Å². The highest BCUT2D eigenvalue weighted by Gasteiger charge is 2.38. The van der Waals surface area contributed by atoms with Crippen LogP contribution < -0.4 is 5.32 Å². The van der Waals surface area contributed by atoms with Gasteiger partial charge in [0.25, 0.3) is 0 Å². The van der Waals surface area contributed by atoms with Gasteiger partial charge in [0.2, 0.25) is 0 Å². The van der Waals surface area contributed by atoms with Gasteiger partial charge < -0.3 is 10.4 Å². The van der Waals surface area contributed by atoms with Crippen molar-refractivity contribution in [2.24, 2.45) is 11.3 Å². The normalized spacial score (nSPS) is 32.0. The average molecular weight is 273 g/mol. The van der Waals surface area contributed by atoms with Crippen LogP contribution in [0.25, 0.3) is 0 Å². The third-order valence-electron chi connectivity index (χ3n) is 5.25. The van der Waals surface area contributed by atoms with E-state index in [4.69, 9.17) is 0 Å². The van der Waals surface area contributed by atoms with Gasteiger partial charge in [-0.05, 0) is 41.7 Å². The third kappa shape index (κ3) is 2.64. The summed E-state index contributed by atoms with van der Waals surface area (Å²) < 4.78 is 0. The van der Waals surface area contributed by atoms with E-state index in [2.05, 4.69) is 43.4 Å². The highest BCUT2D eigenvalue weighted by atomic mass is 16.3. The second-order valence-corrected chi connectivity index (χ2v) is 7.32. The van der Waals surface area contributed by atoms with Crippen LogP contribution in [-0.4, -0.2) is 17.8 Å². The highest BCUT2D eigenvalue weighted by Crippen LogP contribution is 2.45. The molecule has 20 heavy (non-hydrogen) atoms. The molecule has 0 saturated heterocycles. The van der Waals surface area contributed by atoms with Crippen molar-refractivity contribution >= 4 is 0 Å². The minimum absolute atomic E-state index is 0.101. The fourth-order valence-electron chi connectivity index (χ4n) is 4.07. The number of fused-ring (bicyclic) bond motifs is 1. The van der Waals surface area contributed by atoms with Gasteiger partial charge in [-0.25, -0.2) is 0 Å². The Labute approximate surface area is 122 Å². The zero-order chi connectivity index (χ0) is 14.2. The van der Waals surface area contributed by atoms with Gasteiger partial charge in [-0.1, -0.05) is 51.0 Å². The van der Waals surface area contributed by atoms with Crippen molar-refractivity contribution in [2.75, 3.05) is 6.54 Å². The van der Waals surface area contributed by atoms with Crippen molar-refractivity contribution in [2.45, 2.75) is 58.1 Å². The van der Waals surface area contributed by atoms with Crippen LogP contribution in [0.4, 0.5) is 0 Å². The molecule has 0 amide bonds. The number of hydrogen-bond acceptors (Lipinski definition) is 2. The monoisotopic (exact) mass is 273 g/mol. The van der Waals surface area contributed by atoms with E-state index in [-0.39, 0.29) is 11.5 Å². The van der Waals surface area contributed by atoms with Crippen LogP contribution in [0.1, 0.15) is 56.7 Å². The molecule has 0 aliphatic heterocycles. The smallest absolute Gasteiger partial charge is 0.0580 e. The van der Waals surface area contributed by atoms with Gasteiger partial charge in [0.1, 0.15) is 0 Å². The Hall–Kier alpha value is -0.860. The van der Waals surface area contributed by atoms with Gasteiger partial charge in [-0.3, -0.25) is 0 Å². The molecular weight excluding hydrogens is 246 g/mol. The summed E-state index contributed by atoms with van der Waals surface area (Å²) in [5.74, 6) is 0.437. The topological polar surface area (TPSA) is 32.3 Å². The van der Waals surface area contributed by atoms with Crippen molar-refractivity contribution in [3.8, 4) is 0 Å². The SMILES string of the molecule is CC1(C)Cc2ccccc2C1NCC1CCCCC1O. The molecule has 2 heteroatoms. The molecule has 1 saturated carbocycles. The Morgan fingerprint density at radius 1 is 1.20 bits per heavy atom. The average Bonchev–Trinajstić information content (AvgIpc) is 2.68. The Morgan fingerprint density at radius 3 is 2.75 bits per heavy atom. The van der Waals surface area contributed by atoms with Crippen molar-refractivity contribution < 1.29 is 5.11 Å². The molecule has 3 atom stereocenters. The fourth-order valence-corrected chi connectivity index (χ4v) is 4.07. The standard InChI is InChI=1S/C18H27NO/c1-18(2)11-13-7-3-5-9-15(13)17(18)19-12-14-8-4-6-10-16(14)20/h3,5,7,9,14,16-17,19-20H,4,6,8,10-12H2,1-2H3. The lowest BCUT2D eigenvalue weighted by Crippen LogP contribution is -2.39. The number of benzene rings is 1. The highest BCUT2D eigenvalue weighted by molar-refractivity contribution is 5.37. The Kier molecular flexibility index (Phi) is 3.87. The van der Waals surface area contributed by atoms with E-state index in [1.807, 2.05) is 0 Å². The zero-order valence-corrected chi connectivity index (χ0v) is 12.7. The Morgan fingerprint density at radius 2 is 1.95 bits per heavy atom. The lowest BCUT2D eigenvalue weighted by Gasteiger charge is -2.33. The maximum atomic E-state index is 10.1. The Balaban J connectivity index is 1.70. The summed E-state index contributed by atoms with van der Waals surface area (Å²) in [6.45, 7) is 5.65. The van der Waals surface area contributed by atoms with E-state index < -0.39 is 0 Å². The summed E-state index contributed by atoms with van der Waals surface area (Å²) in [5.41, 5.74) is 3.21. The maximum Gasteiger partial charge on any atom is 0.0580 e. The number of hydrogen-bond donors (Lipinski definition) is 2. The molecule has 110 valence electrons. The molecule has 1 aromatic rings. The van der Waals surface area contributed by atoms with Gasteiger partial charge >= 0.3 is 0 Å². The molecular formula is C18H27NO. The Bertz CT molecular complexity index is 468. The number of aliphatic hydroxyl groups is 1. The predicted octanol–water partition coefficient (Wildman–Crippen LogP) is 3.45. The lowest BCUT2D eigenvalue weighted by molar-refractivity contribution is 0.0651. The molecule has 2 nitrogen and oxygen atoms in total. The number of aliphatic hydroxyl groups excluding tert-OH is 1. The van der Waals surface area contributed by atoms with Gasteiger partial charge in [-0.2, -0.15) is 0 Å². The first-order valence-corrected chi connectivity index (χ1v) is 8.07. The maximum absolute atomic E-state index is 10.1. The first-order valence-electron chi connectivity index (χ1n) is 8.07. The van der Waals surface area contributed by atoms with E-state index in [0.717, 1.165) is 19.4 Å². The summed E-state index contributed by atoms with van der Waals surface area (Å²) >= 11 is 0. The molecule has 2 aliphatic rings. The van der Waals surface area contributed by atoms with Crippen LogP contribution in [0.15, 0.2) is 24.3 Å². The molecule has 3 unspecified atom stereocenters. The molecule has 3 rings (SSSR count). The van der Waals surface area contributed by atoms with Crippen LogP contribution in [0, 0.1) is 11.3 Å². The van der Waals surface area contributed by atoms with E-state index in [0.29, 0.717) is 12.0 Å². The first kappa shape index (κ1) is 14.1. The van der Waals surface area contributed by atoms with Crippen molar-refractivity contribution in [3.05, 3.63) is 35.4 Å². The second kappa shape index (κ2) is 5.50. The lowest BCUT2D eigenvalue weighted by atomic mass is 9.83. The van der Waals surface area contributed by atoms with Crippen LogP contribution in [-0.2, 0) is 6.42 Å². The summed E-state index contributed by atoms with van der Waals surface area (Å²) in [6.07, 6.45) is 5.66. The van der Waals surface area contributed by atoms with Crippen LogP contribution in [0.5, 0.6) is 0 Å². The molecule has 2 N–H and O–H groups in total. The number of nitrogens with one attached hydrogen (secondary N) is 1. The van der Waals surface area contributed by atoms with Crippen LogP contribution in [0.2, 0.25) is 0 Å². The molecule has 0 radical (unpaired) electrons. The molecule has 0 bridgehead atoms. The molecule has 0 aromatic heterocycles. The van der Waals surface area contributed by atoms with Gasteiger partial charge in [-0.15, -0.1) is 0 Å².